The highest BCUT2D eigenvalue weighted by Gasteiger charge is 2.25. The number of nitrogens with one attached hydrogen (secondary N) is 1. The molecule has 0 aliphatic heterocycles. The SMILES string of the molecule is O=C(CBr)NCC1Cc2ccccc21. The molecule has 1 aliphatic carbocycles. The zero-order valence-electron chi connectivity index (χ0n) is 7.79. The Bertz CT molecular complexity index is 351. The Kier molecular flexibility index (Phi) is 2.87. The molecule has 3 heteroatoms. The summed E-state index contributed by atoms with van der Waals surface area (Å²) in [4.78, 5) is 11.0. The molecule has 1 aliphatic rings. The predicted molar refractivity (Wildman–Crippen MR) is 59.7 cm³/mol. The molecule has 0 spiro atoms. The van der Waals surface area contributed by atoms with Gasteiger partial charge in [-0.1, -0.05) is 40.2 Å². The second kappa shape index (κ2) is 4.13. The van der Waals surface area contributed by atoms with Crippen molar-refractivity contribution in [3.8, 4) is 0 Å². The van der Waals surface area contributed by atoms with Crippen LogP contribution in [0.3, 0.4) is 0 Å². The highest BCUT2D eigenvalue weighted by atomic mass is 79.9. The lowest BCUT2D eigenvalue weighted by Gasteiger charge is -2.30. The summed E-state index contributed by atoms with van der Waals surface area (Å²) in [5, 5.41) is 3.28. The number of hydrogen-bond donors (Lipinski definition) is 1. The van der Waals surface area contributed by atoms with Crippen molar-refractivity contribution in [3.05, 3.63) is 35.4 Å². The molecule has 0 saturated carbocycles. The minimum atomic E-state index is 0.0642. The third-order valence-corrected chi connectivity index (χ3v) is 3.14. The van der Waals surface area contributed by atoms with Crippen LogP contribution < -0.4 is 5.32 Å². The van der Waals surface area contributed by atoms with E-state index in [0.29, 0.717) is 11.2 Å². The lowest BCUT2D eigenvalue weighted by Crippen LogP contribution is -2.33. The number of rotatable bonds is 3. The number of benzene rings is 1. The highest BCUT2D eigenvalue weighted by Crippen LogP contribution is 2.33. The van der Waals surface area contributed by atoms with Gasteiger partial charge < -0.3 is 5.32 Å². The second-order valence-corrected chi connectivity index (χ2v) is 4.10. The summed E-state index contributed by atoms with van der Waals surface area (Å²) in [6.07, 6.45) is 1.10. The number of halogens is 1. The first-order valence-corrected chi connectivity index (χ1v) is 5.84. The standard InChI is InChI=1S/C11H12BrNO/c12-6-11(14)13-7-9-5-8-3-1-2-4-10(8)9/h1-4,9H,5-7H2,(H,13,14). The van der Waals surface area contributed by atoms with Crippen molar-refractivity contribution in [2.45, 2.75) is 12.3 Å². The molecular weight excluding hydrogens is 242 g/mol. The molecular formula is C11H12BrNO. The fourth-order valence-electron chi connectivity index (χ4n) is 1.83. The van der Waals surface area contributed by atoms with Gasteiger partial charge in [-0.15, -0.1) is 0 Å². The van der Waals surface area contributed by atoms with Gasteiger partial charge >= 0.3 is 0 Å². The van der Waals surface area contributed by atoms with Crippen molar-refractivity contribution in [1.82, 2.24) is 5.32 Å². The van der Waals surface area contributed by atoms with Crippen molar-refractivity contribution >= 4 is 21.8 Å². The summed E-state index contributed by atoms with van der Waals surface area (Å²) < 4.78 is 0. The third kappa shape index (κ3) is 1.82. The Hall–Kier alpha value is -0.830. The topological polar surface area (TPSA) is 29.1 Å². The maximum absolute atomic E-state index is 11.0. The summed E-state index contributed by atoms with van der Waals surface area (Å²) in [7, 11) is 0. The van der Waals surface area contributed by atoms with Gasteiger partial charge in [0.2, 0.25) is 5.91 Å². The molecule has 1 atom stereocenters. The number of carbonyl (C=O) groups excluding carboxylic acids is 1. The van der Waals surface area contributed by atoms with Crippen LogP contribution in [0.25, 0.3) is 0 Å². The molecule has 2 nitrogen and oxygen atoms in total. The molecule has 1 aromatic carbocycles. The quantitative estimate of drug-likeness (QED) is 0.819. The predicted octanol–water partition coefficient (Wildman–Crippen LogP) is 1.84. The van der Waals surface area contributed by atoms with Crippen LogP contribution in [0.1, 0.15) is 17.0 Å². The van der Waals surface area contributed by atoms with Crippen LogP contribution in [0.15, 0.2) is 24.3 Å². The maximum Gasteiger partial charge on any atom is 0.230 e. The molecule has 0 aromatic heterocycles. The van der Waals surface area contributed by atoms with Gasteiger partial charge in [-0.25, -0.2) is 0 Å². The van der Waals surface area contributed by atoms with Gasteiger partial charge in [-0.2, -0.15) is 0 Å². The molecule has 1 N–H and O–H groups in total. The smallest absolute Gasteiger partial charge is 0.230 e. The third-order valence-electron chi connectivity index (χ3n) is 2.63. The van der Waals surface area contributed by atoms with Gasteiger partial charge in [0.05, 0.1) is 5.33 Å². The van der Waals surface area contributed by atoms with Crippen molar-refractivity contribution in [1.29, 1.82) is 0 Å². The van der Waals surface area contributed by atoms with E-state index >= 15 is 0 Å². The van der Waals surface area contributed by atoms with Crippen LogP contribution in [-0.2, 0) is 11.2 Å². The molecule has 1 unspecified atom stereocenters. The Morgan fingerprint density at radius 3 is 3.00 bits per heavy atom. The van der Waals surface area contributed by atoms with Crippen LogP contribution in [0, 0.1) is 0 Å². The molecule has 0 fully saturated rings. The number of alkyl halides is 1. The fraction of sp³-hybridized carbons (Fsp3) is 0.364. The van der Waals surface area contributed by atoms with E-state index < -0.39 is 0 Å². The summed E-state index contributed by atoms with van der Waals surface area (Å²) in [5.41, 5.74) is 2.81. The van der Waals surface area contributed by atoms with Crippen molar-refractivity contribution < 1.29 is 4.79 Å². The van der Waals surface area contributed by atoms with Gasteiger partial charge in [0.15, 0.2) is 0 Å². The first kappa shape index (κ1) is 9.71. The molecule has 0 radical (unpaired) electrons. The Balaban J connectivity index is 1.90. The minimum Gasteiger partial charge on any atom is -0.355 e. The molecule has 14 heavy (non-hydrogen) atoms. The van der Waals surface area contributed by atoms with Crippen LogP contribution >= 0.6 is 15.9 Å². The molecule has 0 heterocycles. The van der Waals surface area contributed by atoms with Gasteiger partial charge in [0.25, 0.3) is 0 Å². The Morgan fingerprint density at radius 2 is 2.29 bits per heavy atom. The Labute approximate surface area is 91.8 Å². The van der Waals surface area contributed by atoms with Crippen LogP contribution in [0.5, 0.6) is 0 Å². The minimum absolute atomic E-state index is 0.0642. The number of amides is 1. The summed E-state index contributed by atoms with van der Waals surface area (Å²) in [5.74, 6) is 0.587. The van der Waals surface area contributed by atoms with E-state index in [1.807, 2.05) is 0 Å². The summed E-state index contributed by atoms with van der Waals surface area (Å²) in [6.45, 7) is 0.765. The molecule has 2 rings (SSSR count). The van der Waals surface area contributed by atoms with Crippen molar-refractivity contribution in [2.75, 3.05) is 11.9 Å². The first-order valence-electron chi connectivity index (χ1n) is 4.71. The first-order chi connectivity index (χ1) is 6.81. The lowest BCUT2D eigenvalue weighted by atomic mass is 9.78. The van der Waals surface area contributed by atoms with Gasteiger partial charge in [-0.05, 0) is 17.5 Å². The number of carbonyl (C=O) groups is 1. The fourth-order valence-corrected chi connectivity index (χ4v) is 2.03. The van der Waals surface area contributed by atoms with Crippen molar-refractivity contribution in [2.24, 2.45) is 0 Å². The molecule has 0 bridgehead atoms. The lowest BCUT2D eigenvalue weighted by molar-refractivity contribution is -0.118. The number of hydrogen-bond acceptors (Lipinski definition) is 1. The van der Waals surface area contributed by atoms with E-state index in [9.17, 15) is 4.79 Å². The van der Waals surface area contributed by atoms with E-state index in [4.69, 9.17) is 0 Å². The van der Waals surface area contributed by atoms with E-state index in [1.54, 1.807) is 0 Å². The van der Waals surface area contributed by atoms with Crippen molar-refractivity contribution in [3.63, 3.8) is 0 Å². The Morgan fingerprint density at radius 1 is 1.50 bits per heavy atom. The van der Waals surface area contributed by atoms with Gasteiger partial charge in [0, 0.05) is 12.5 Å². The second-order valence-electron chi connectivity index (χ2n) is 3.54. The molecule has 74 valence electrons. The zero-order valence-corrected chi connectivity index (χ0v) is 9.38. The van der Waals surface area contributed by atoms with Gasteiger partial charge in [0.1, 0.15) is 0 Å². The summed E-state index contributed by atoms with van der Waals surface area (Å²) in [6, 6.07) is 8.41. The van der Waals surface area contributed by atoms with E-state index in [-0.39, 0.29) is 5.91 Å². The normalized spacial score (nSPS) is 18.2. The average Bonchev–Trinajstić information content (AvgIpc) is 2.19. The van der Waals surface area contributed by atoms with Crippen LogP contribution in [0.4, 0.5) is 0 Å². The summed E-state index contributed by atoms with van der Waals surface area (Å²) >= 11 is 3.12. The van der Waals surface area contributed by atoms with E-state index in [1.165, 1.54) is 11.1 Å². The maximum atomic E-state index is 11.0. The average molecular weight is 254 g/mol. The largest absolute Gasteiger partial charge is 0.355 e. The zero-order chi connectivity index (χ0) is 9.97. The van der Waals surface area contributed by atoms with Gasteiger partial charge in [-0.3, -0.25) is 4.79 Å². The molecule has 1 aromatic rings. The monoisotopic (exact) mass is 253 g/mol. The van der Waals surface area contributed by atoms with Crippen LogP contribution in [-0.4, -0.2) is 17.8 Å². The van der Waals surface area contributed by atoms with E-state index in [0.717, 1.165) is 13.0 Å². The number of fused-ring (bicyclic) bond motifs is 1. The molecule has 0 saturated heterocycles. The highest BCUT2D eigenvalue weighted by molar-refractivity contribution is 9.09. The van der Waals surface area contributed by atoms with Crippen LogP contribution in [0.2, 0.25) is 0 Å². The molecule has 1 amide bonds. The van der Waals surface area contributed by atoms with E-state index in [2.05, 4.69) is 45.5 Å².